The number of oxime groups is 1. The maximum Gasteiger partial charge on any atom is 0.116 e. The average molecular weight is 260 g/mol. The van der Waals surface area contributed by atoms with Gasteiger partial charge in [0.25, 0.3) is 0 Å². The molecule has 1 aliphatic heterocycles. The first kappa shape index (κ1) is 13.4. The summed E-state index contributed by atoms with van der Waals surface area (Å²) in [5.41, 5.74) is 3.06. The van der Waals surface area contributed by atoms with Crippen LogP contribution < -0.4 is 10.6 Å². The number of hydrogen-bond acceptors (Lipinski definition) is 5. The fourth-order valence-corrected chi connectivity index (χ4v) is 2.05. The second-order valence-electron chi connectivity index (χ2n) is 4.23. The van der Waals surface area contributed by atoms with Gasteiger partial charge in [-0.3, -0.25) is 4.99 Å². The van der Waals surface area contributed by atoms with Crippen molar-refractivity contribution in [1.29, 1.82) is 0 Å². The molecule has 0 saturated heterocycles. The molecule has 1 aliphatic rings. The summed E-state index contributed by atoms with van der Waals surface area (Å²) in [4.78, 5) is 9.28. The minimum atomic E-state index is 0.709. The lowest BCUT2D eigenvalue weighted by molar-refractivity contribution is 0.213. The fraction of sp³-hybridized carbons (Fsp3) is 0.429. The van der Waals surface area contributed by atoms with E-state index in [0.717, 1.165) is 42.3 Å². The Bertz CT molecular complexity index is 482. The summed E-state index contributed by atoms with van der Waals surface area (Å²) in [6.07, 6.45) is 0.825. The van der Waals surface area contributed by atoms with Gasteiger partial charge < -0.3 is 15.5 Å². The molecule has 0 atom stereocenters. The second kappa shape index (κ2) is 6.78. The van der Waals surface area contributed by atoms with Gasteiger partial charge in [-0.1, -0.05) is 30.3 Å². The van der Waals surface area contributed by atoms with Crippen LogP contribution in [0.2, 0.25) is 0 Å². The number of benzene rings is 1. The summed E-state index contributed by atoms with van der Waals surface area (Å²) in [6.45, 7) is 4.58. The summed E-state index contributed by atoms with van der Waals surface area (Å²) >= 11 is 0. The van der Waals surface area contributed by atoms with E-state index in [1.165, 1.54) is 0 Å². The van der Waals surface area contributed by atoms with Gasteiger partial charge in [0, 0.05) is 17.8 Å². The zero-order valence-corrected chi connectivity index (χ0v) is 11.4. The molecule has 5 heteroatoms. The molecular formula is C14H20N4O. The monoisotopic (exact) mass is 260 g/mol. The minimum Gasteiger partial charge on any atom is -0.399 e. The van der Waals surface area contributed by atoms with Crippen LogP contribution in [0.5, 0.6) is 0 Å². The second-order valence-corrected chi connectivity index (χ2v) is 4.23. The van der Waals surface area contributed by atoms with E-state index in [-0.39, 0.29) is 0 Å². The summed E-state index contributed by atoms with van der Waals surface area (Å²) in [6, 6.07) is 8.11. The molecule has 0 aromatic heterocycles. The molecule has 0 bridgehead atoms. The van der Waals surface area contributed by atoms with Gasteiger partial charge in [0.2, 0.25) is 0 Å². The number of aliphatic imine (C=N–C) groups is 1. The predicted octanol–water partition coefficient (Wildman–Crippen LogP) is 1.86. The van der Waals surface area contributed by atoms with Crippen LogP contribution in [0.3, 0.4) is 0 Å². The van der Waals surface area contributed by atoms with Crippen molar-refractivity contribution in [2.24, 2.45) is 10.1 Å². The molecular weight excluding hydrogens is 240 g/mol. The summed E-state index contributed by atoms with van der Waals surface area (Å²) < 4.78 is 0. The Hall–Kier alpha value is -2.04. The van der Waals surface area contributed by atoms with Gasteiger partial charge in [0.1, 0.15) is 12.9 Å². The van der Waals surface area contributed by atoms with Crippen LogP contribution in [0, 0.1) is 0 Å². The van der Waals surface area contributed by atoms with Crippen molar-refractivity contribution in [1.82, 2.24) is 5.32 Å². The Morgan fingerprint density at radius 1 is 1.47 bits per heavy atom. The van der Waals surface area contributed by atoms with E-state index in [4.69, 9.17) is 4.84 Å². The highest BCUT2D eigenvalue weighted by Crippen LogP contribution is 2.17. The highest BCUT2D eigenvalue weighted by atomic mass is 16.6. The molecule has 0 radical (unpaired) electrons. The normalized spacial score (nSPS) is 14.8. The van der Waals surface area contributed by atoms with Crippen LogP contribution in [-0.2, 0) is 4.84 Å². The molecule has 0 fully saturated rings. The smallest absolute Gasteiger partial charge is 0.116 e. The lowest BCUT2D eigenvalue weighted by atomic mass is 10.1. The minimum absolute atomic E-state index is 0.709. The Kier molecular flexibility index (Phi) is 4.78. The molecule has 0 saturated carbocycles. The number of anilines is 1. The van der Waals surface area contributed by atoms with Crippen molar-refractivity contribution in [3.05, 3.63) is 29.8 Å². The molecule has 2 N–H and O–H groups in total. The zero-order chi connectivity index (χ0) is 13.5. The lowest BCUT2D eigenvalue weighted by Crippen LogP contribution is -2.26. The van der Waals surface area contributed by atoms with Crippen LogP contribution in [0.1, 0.15) is 18.9 Å². The molecule has 1 heterocycles. The van der Waals surface area contributed by atoms with Crippen LogP contribution in [0.25, 0.3) is 0 Å². The first-order valence-corrected chi connectivity index (χ1v) is 6.55. The van der Waals surface area contributed by atoms with Crippen LogP contribution >= 0.6 is 0 Å². The standard InChI is InChI=1S/C14H20N4O/c1-3-12(18-19-2)11-6-4-5-7-13(11)17-10-14-15-8-9-16-14/h4-7,17H,3,8-10H2,1-2H3,(H,15,16)/b18-12+. The molecule has 2 rings (SSSR count). The van der Waals surface area contributed by atoms with Crippen molar-refractivity contribution >= 4 is 17.2 Å². The quantitative estimate of drug-likeness (QED) is 0.606. The maximum absolute atomic E-state index is 4.91. The molecule has 1 aromatic rings. The van der Waals surface area contributed by atoms with Crippen molar-refractivity contribution in [3.8, 4) is 0 Å². The Morgan fingerprint density at radius 3 is 3.00 bits per heavy atom. The molecule has 5 nitrogen and oxygen atoms in total. The molecule has 0 amide bonds. The van der Waals surface area contributed by atoms with E-state index in [1.807, 2.05) is 24.3 Å². The SMILES string of the molecule is CC/C(=N\OC)c1ccccc1NCC1=NCCN1. The van der Waals surface area contributed by atoms with Gasteiger partial charge in [-0.2, -0.15) is 0 Å². The van der Waals surface area contributed by atoms with Gasteiger partial charge in [-0.05, 0) is 12.5 Å². The number of nitrogens with one attached hydrogen (secondary N) is 2. The van der Waals surface area contributed by atoms with Gasteiger partial charge in [-0.25, -0.2) is 0 Å². The van der Waals surface area contributed by atoms with E-state index in [9.17, 15) is 0 Å². The van der Waals surface area contributed by atoms with E-state index in [1.54, 1.807) is 7.11 Å². The van der Waals surface area contributed by atoms with E-state index in [2.05, 4.69) is 27.7 Å². The lowest BCUT2D eigenvalue weighted by Gasteiger charge is -2.12. The predicted molar refractivity (Wildman–Crippen MR) is 79.1 cm³/mol. The van der Waals surface area contributed by atoms with Gasteiger partial charge >= 0.3 is 0 Å². The van der Waals surface area contributed by atoms with E-state index >= 15 is 0 Å². The van der Waals surface area contributed by atoms with Gasteiger partial charge in [0.05, 0.1) is 18.8 Å². The summed E-state index contributed by atoms with van der Waals surface area (Å²) in [7, 11) is 1.57. The van der Waals surface area contributed by atoms with E-state index < -0.39 is 0 Å². The van der Waals surface area contributed by atoms with Gasteiger partial charge in [0.15, 0.2) is 0 Å². The zero-order valence-electron chi connectivity index (χ0n) is 11.4. The summed E-state index contributed by atoms with van der Waals surface area (Å²) in [5.74, 6) is 1.01. The third-order valence-corrected chi connectivity index (χ3v) is 2.96. The number of hydrogen-bond donors (Lipinski definition) is 2. The van der Waals surface area contributed by atoms with Crippen LogP contribution in [-0.4, -0.2) is 38.3 Å². The highest BCUT2D eigenvalue weighted by Gasteiger charge is 2.10. The topological polar surface area (TPSA) is 58.0 Å². The molecule has 0 aliphatic carbocycles. The fourth-order valence-electron chi connectivity index (χ4n) is 2.05. The van der Waals surface area contributed by atoms with Crippen LogP contribution in [0.4, 0.5) is 5.69 Å². The molecule has 0 unspecified atom stereocenters. The first-order valence-electron chi connectivity index (χ1n) is 6.55. The number of rotatable bonds is 6. The summed E-state index contributed by atoms with van der Waals surface area (Å²) in [5, 5.41) is 10.7. The molecule has 1 aromatic carbocycles. The number of para-hydroxylation sites is 1. The Labute approximate surface area is 113 Å². The molecule has 0 spiro atoms. The highest BCUT2D eigenvalue weighted by molar-refractivity contribution is 6.05. The average Bonchev–Trinajstić information content (AvgIpc) is 2.96. The molecule has 102 valence electrons. The Balaban J connectivity index is 2.13. The van der Waals surface area contributed by atoms with Crippen molar-refractivity contribution in [2.75, 3.05) is 32.1 Å². The molecule has 19 heavy (non-hydrogen) atoms. The number of nitrogens with zero attached hydrogens (tertiary/aromatic N) is 2. The third-order valence-electron chi connectivity index (χ3n) is 2.96. The van der Waals surface area contributed by atoms with Crippen molar-refractivity contribution in [2.45, 2.75) is 13.3 Å². The Morgan fingerprint density at radius 2 is 2.32 bits per heavy atom. The van der Waals surface area contributed by atoms with Crippen molar-refractivity contribution < 1.29 is 4.84 Å². The maximum atomic E-state index is 4.91. The van der Waals surface area contributed by atoms with E-state index in [0.29, 0.717) is 6.54 Å². The van der Waals surface area contributed by atoms with Gasteiger partial charge in [-0.15, -0.1) is 0 Å². The largest absolute Gasteiger partial charge is 0.399 e. The van der Waals surface area contributed by atoms with Crippen LogP contribution in [0.15, 0.2) is 34.4 Å². The first-order chi connectivity index (χ1) is 9.35. The number of amidine groups is 1. The third kappa shape index (κ3) is 3.47. The van der Waals surface area contributed by atoms with Crippen molar-refractivity contribution in [3.63, 3.8) is 0 Å².